The average Bonchev–Trinajstić information content (AvgIpc) is 3.00. The molecule has 2 nitrogen and oxygen atoms in total. The quantitative estimate of drug-likeness (QED) is 0.659. The van der Waals surface area contributed by atoms with Crippen LogP contribution in [0.25, 0.3) is 10.1 Å². The summed E-state index contributed by atoms with van der Waals surface area (Å²) in [6.07, 6.45) is 0.727. The average molecular weight is 352 g/mol. The highest BCUT2D eigenvalue weighted by atomic mass is 35.5. The zero-order valence-corrected chi connectivity index (χ0v) is 14.4. The van der Waals surface area contributed by atoms with Gasteiger partial charge in [-0.3, -0.25) is 0 Å². The fourth-order valence-corrected chi connectivity index (χ4v) is 3.33. The van der Waals surface area contributed by atoms with Crippen molar-refractivity contribution in [3.05, 3.63) is 65.3 Å². The predicted octanol–water partition coefficient (Wildman–Crippen LogP) is 5.19. The van der Waals surface area contributed by atoms with Crippen molar-refractivity contribution in [1.29, 1.82) is 0 Å². The summed E-state index contributed by atoms with van der Waals surface area (Å²) >= 11 is 1.58. The molecule has 0 aliphatic heterocycles. The Morgan fingerprint density at radius 3 is 2.70 bits per heavy atom. The summed E-state index contributed by atoms with van der Waals surface area (Å²) in [6, 6.07) is 15.0. The molecule has 5 heteroatoms. The van der Waals surface area contributed by atoms with Gasteiger partial charge in [0.05, 0.1) is 4.70 Å². The monoisotopic (exact) mass is 351 g/mol. The molecule has 0 amide bonds. The Labute approximate surface area is 145 Å². The highest BCUT2D eigenvalue weighted by Gasteiger charge is 2.16. The minimum absolute atomic E-state index is 0. The molecule has 0 aliphatic carbocycles. The Kier molecular flexibility index (Phi) is 6.39. The van der Waals surface area contributed by atoms with Crippen LogP contribution in [0.1, 0.15) is 18.1 Å². The molecule has 0 radical (unpaired) electrons. The van der Waals surface area contributed by atoms with Crippen LogP contribution in [0, 0.1) is 5.82 Å². The third-order valence-corrected chi connectivity index (χ3v) is 4.52. The molecule has 0 fully saturated rings. The molecule has 122 valence electrons. The maximum atomic E-state index is 13.8. The highest BCUT2D eigenvalue weighted by Crippen LogP contribution is 2.35. The van der Waals surface area contributed by atoms with Gasteiger partial charge in [0.15, 0.2) is 0 Å². The molecule has 0 bridgehead atoms. The molecule has 2 aromatic carbocycles. The zero-order valence-electron chi connectivity index (χ0n) is 12.8. The number of fused-ring (bicyclic) bond motifs is 1. The molecular weight excluding hydrogens is 333 g/mol. The van der Waals surface area contributed by atoms with Crippen LogP contribution in [0.4, 0.5) is 4.39 Å². The molecule has 23 heavy (non-hydrogen) atoms. The predicted molar refractivity (Wildman–Crippen MR) is 97.4 cm³/mol. The SMILES string of the molecule is CNCC[C@@H](Oc1cc(F)cc2ccsc12)c1ccccc1.Cl. The summed E-state index contributed by atoms with van der Waals surface area (Å²) in [5, 5.41) is 6.00. The number of rotatable bonds is 6. The van der Waals surface area contributed by atoms with Gasteiger partial charge in [-0.15, -0.1) is 23.7 Å². The van der Waals surface area contributed by atoms with Crippen LogP contribution >= 0.6 is 23.7 Å². The van der Waals surface area contributed by atoms with E-state index in [2.05, 4.69) is 5.32 Å². The molecule has 0 saturated carbocycles. The third kappa shape index (κ3) is 4.22. The molecule has 0 unspecified atom stereocenters. The van der Waals surface area contributed by atoms with Crippen LogP contribution in [0.3, 0.4) is 0 Å². The van der Waals surface area contributed by atoms with Crippen molar-refractivity contribution in [3.8, 4) is 5.75 Å². The van der Waals surface area contributed by atoms with Crippen LogP contribution in [0.15, 0.2) is 53.9 Å². The number of thiophene rings is 1. The number of halogens is 2. The van der Waals surface area contributed by atoms with E-state index in [0.717, 1.165) is 28.6 Å². The van der Waals surface area contributed by atoms with Gasteiger partial charge in [-0.25, -0.2) is 4.39 Å². The highest BCUT2D eigenvalue weighted by molar-refractivity contribution is 7.17. The normalized spacial score (nSPS) is 11.9. The van der Waals surface area contributed by atoms with Crippen molar-refractivity contribution in [2.75, 3.05) is 13.6 Å². The summed E-state index contributed by atoms with van der Waals surface area (Å²) < 4.78 is 21.0. The van der Waals surface area contributed by atoms with Crippen LogP contribution in [0.2, 0.25) is 0 Å². The maximum Gasteiger partial charge on any atom is 0.140 e. The van der Waals surface area contributed by atoms with Gasteiger partial charge in [0, 0.05) is 12.5 Å². The number of ether oxygens (including phenoxy) is 1. The van der Waals surface area contributed by atoms with Gasteiger partial charge in [0.25, 0.3) is 0 Å². The number of hydrogen-bond donors (Lipinski definition) is 1. The molecule has 3 rings (SSSR count). The van der Waals surface area contributed by atoms with Crippen molar-refractivity contribution in [2.24, 2.45) is 0 Å². The fraction of sp³-hybridized carbons (Fsp3) is 0.222. The van der Waals surface area contributed by atoms with Crippen molar-refractivity contribution in [1.82, 2.24) is 5.32 Å². The van der Waals surface area contributed by atoms with Gasteiger partial charge in [0.2, 0.25) is 0 Å². The molecule has 1 N–H and O–H groups in total. The molecule has 0 saturated heterocycles. The topological polar surface area (TPSA) is 21.3 Å². The van der Waals surface area contributed by atoms with Crippen molar-refractivity contribution >= 4 is 33.8 Å². The van der Waals surface area contributed by atoms with E-state index in [1.165, 1.54) is 6.07 Å². The lowest BCUT2D eigenvalue weighted by atomic mass is 10.1. The lowest BCUT2D eigenvalue weighted by molar-refractivity contribution is 0.197. The number of nitrogens with one attached hydrogen (secondary N) is 1. The van der Waals surface area contributed by atoms with E-state index in [4.69, 9.17) is 4.74 Å². The Hall–Kier alpha value is -1.62. The summed E-state index contributed by atoms with van der Waals surface area (Å²) in [5.41, 5.74) is 1.10. The molecule has 3 aromatic rings. The van der Waals surface area contributed by atoms with Crippen LogP contribution in [-0.2, 0) is 0 Å². The van der Waals surface area contributed by atoms with Crippen molar-refractivity contribution in [3.63, 3.8) is 0 Å². The fourth-order valence-electron chi connectivity index (χ4n) is 2.49. The van der Waals surface area contributed by atoms with Gasteiger partial charge in [0.1, 0.15) is 17.7 Å². The molecule has 1 atom stereocenters. The second-order valence-electron chi connectivity index (χ2n) is 5.15. The first-order valence-corrected chi connectivity index (χ1v) is 8.19. The molecule has 0 aliphatic rings. The van der Waals surface area contributed by atoms with Crippen LogP contribution in [0.5, 0.6) is 5.75 Å². The van der Waals surface area contributed by atoms with E-state index in [9.17, 15) is 4.39 Å². The van der Waals surface area contributed by atoms with Crippen molar-refractivity contribution < 1.29 is 9.13 Å². The van der Waals surface area contributed by atoms with Crippen molar-refractivity contribution in [2.45, 2.75) is 12.5 Å². The van der Waals surface area contributed by atoms with Gasteiger partial charge >= 0.3 is 0 Å². The van der Waals surface area contributed by atoms with Gasteiger partial charge in [-0.05, 0) is 42.1 Å². The summed E-state index contributed by atoms with van der Waals surface area (Å²) in [5.74, 6) is 0.358. The van der Waals surface area contributed by atoms with E-state index in [1.54, 1.807) is 17.4 Å². The Bertz CT molecular complexity index is 747. The zero-order chi connectivity index (χ0) is 15.4. The molecule has 1 heterocycles. The Morgan fingerprint density at radius 2 is 1.96 bits per heavy atom. The minimum atomic E-state index is -0.263. The van der Waals surface area contributed by atoms with E-state index in [1.807, 2.05) is 48.8 Å². The molecular formula is C18H19ClFNOS. The van der Waals surface area contributed by atoms with Gasteiger partial charge in [-0.2, -0.15) is 0 Å². The lowest BCUT2D eigenvalue weighted by Crippen LogP contribution is -2.16. The summed E-state index contributed by atoms with van der Waals surface area (Å²) in [6.45, 7) is 0.836. The maximum absolute atomic E-state index is 13.8. The minimum Gasteiger partial charge on any atom is -0.484 e. The first kappa shape index (κ1) is 17.7. The first-order valence-electron chi connectivity index (χ1n) is 7.31. The standard InChI is InChI=1S/C18H18FNOS.ClH/c1-20-9-7-16(13-5-3-2-4-6-13)21-17-12-15(19)11-14-8-10-22-18(14)17;/h2-6,8,10-12,16,20H,7,9H2,1H3;1H/t16-;/m1./s1. The third-order valence-electron chi connectivity index (χ3n) is 3.58. The Balaban J connectivity index is 0.00000192. The molecule has 0 spiro atoms. The lowest BCUT2D eigenvalue weighted by Gasteiger charge is -2.20. The number of benzene rings is 2. The Morgan fingerprint density at radius 1 is 1.17 bits per heavy atom. The van der Waals surface area contributed by atoms with E-state index < -0.39 is 0 Å². The number of hydrogen-bond acceptors (Lipinski definition) is 3. The second-order valence-corrected chi connectivity index (χ2v) is 6.07. The first-order chi connectivity index (χ1) is 10.8. The smallest absolute Gasteiger partial charge is 0.140 e. The van der Waals surface area contributed by atoms with Gasteiger partial charge < -0.3 is 10.1 Å². The molecule has 1 aromatic heterocycles. The van der Waals surface area contributed by atoms with Crippen LogP contribution < -0.4 is 10.1 Å². The van der Waals surface area contributed by atoms with E-state index in [-0.39, 0.29) is 24.3 Å². The second kappa shape index (κ2) is 8.29. The van der Waals surface area contributed by atoms with E-state index >= 15 is 0 Å². The van der Waals surface area contributed by atoms with Gasteiger partial charge in [-0.1, -0.05) is 30.3 Å². The van der Waals surface area contributed by atoms with Crippen LogP contribution in [-0.4, -0.2) is 13.6 Å². The van der Waals surface area contributed by atoms with E-state index in [0.29, 0.717) is 5.75 Å². The largest absolute Gasteiger partial charge is 0.484 e. The summed E-state index contributed by atoms with van der Waals surface area (Å²) in [7, 11) is 1.92. The summed E-state index contributed by atoms with van der Waals surface area (Å²) in [4.78, 5) is 0.